The monoisotopic (exact) mass is 247 g/mol. The Morgan fingerprint density at radius 1 is 1.75 bits per heavy atom. The van der Waals surface area contributed by atoms with Crippen molar-refractivity contribution in [3.63, 3.8) is 0 Å². The van der Waals surface area contributed by atoms with E-state index in [1.807, 2.05) is 0 Å². The number of nitrogens with zero attached hydrogens (tertiary/aromatic N) is 2. The van der Waals surface area contributed by atoms with Crippen LogP contribution in [0, 0.1) is 0 Å². The van der Waals surface area contributed by atoms with E-state index in [9.17, 15) is 4.79 Å². The number of aliphatic hydroxyl groups is 1. The number of ether oxygens (including phenoxy) is 2. The lowest BCUT2D eigenvalue weighted by Gasteiger charge is -2.12. The number of anilines is 1. The van der Waals surface area contributed by atoms with Gasteiger partial charge in [-0.3, -0.25) is 4.57 Å². The molecule has 0 bridgehead atoms. The van der Waals surface area contributed by atoms with Gasteiger partial charge in [0, 0.05) is 6.20 Å². The van der Waals surface area contributed by atoms with E-state index in [-0.39, 0.29) is 24.1 Å². The number of halogens is 1. The molecule has 0 aromatic carbocycles. The highest BCUT2D eigenvalue weighted by molar-refractivity contribution is 6.32. The summed E-state index contributed by atoms with van der Waals surface area (Å²) >= 11 is 5.74. The number of hydrogen-bond donors (Lipinski definition) is 2. The number of aromatic nitrogens is 2. The van der Waals surface area contributed by atoms with Crippen LogP contribution in [0.4, 0.5) is 5.82 Å². The molecule has 0 spiro atoms. The van der Waals surface area contributed by atoms with Crippen LogP contribution in [-0.4, -0.2) is 34.2 Å². The summed E-state index contributed by atoms with van der Waals surface area (Å²) in [7, 11) is 0. The Balaban J connectivity index is 2.28. The van der Waals surface area contributed by atoms with Gasteiger partial charge in [0.25, 0.3) is 0 Å². The second-order valence-corrected chi connectivity index (χ2v) is 3.61. The Bertz CT molecular complexity index is 449. The highest BCUT2D eigenvalue weighted by atomic mass is 35.5. The molecule has 7 nitrogen and oxygen atoms in total. The summed E-state index contributed by atoms with van der Waals surface area (Å²) in [6.07, 6.45) is -0.0384. The molecule has 1 aromatic heterocycles. The van der Waals surface area contributed by atoms with Gasteiger partial charge in [-0.2, -0.15) is 4.98 Å². The average Bonchev–Trinajstić information content (AvgIpc) is 2.71. The van der Waals surface area contributed by atoms with Crippen LogP contribution < -0.4 is 11.4 Å². The number of aliphatic hydroxyl groups excluding tert-OH is 1. The molecule has 0 saturated carbocycles. The molecule has 2 heterocycles. The lowest BCUT2D eigenvalue weighted by molar-refractivity contribution is -0.0992. The molecular formula is C8H10ClN3O4. The predicted molar refractivity (Wildman–Crippen MR) is 54.9 cm³/mol. The van der Waals surface area contributed by atoms with Gasteiger partial charge in [-0.05, 0) is 0 Å². The third-order valence-electron chi connectivity index (χ3n) is 2.13. The van der Waals surface area contributed by atoms with Crippen molar-refractivity contribution in [2.75, 3.05) is 18.9 Å². The Hall–Kier alpha value is -1.15. The maximum Gasteiger partial charge on any atom is 0.351 e. The Morgan fingerprint density at radius 2 is 2.50 bits per heavy atom. The summed E-state index contributed by atoms with van der Waals surface area (Å²) in [6.45, 7) is -0.131. The maximum atomic E-state index is 11.5. The molecule has 1 aliphatic rings. The summed E-state index contributed by atoms with van der Waals surface area (Å²) in [5, 5.41) is 8.96. The molecular weight excluding hydrogens is 238 g/mol. The number of nitrogens with two attached hydrogens (primary N) is 1. The average molecular weight is 248 g/mol. The van der Waals surface area contributed by atoms with Gasteiger partial charge in [-0.1, -0.05) is 11.6 Å². The van der Waals surface area contributed by atoms with E-state index in [0.29, 0.717) is 0 Å². The lowest BCUT2D eigenvalue weighted by atomic mass is 10.5. The Morgan fingerprint density at radius 3 is 3.12 bits per heavy atom. The van der Waals surface area contributed by atoms with E-state index in [1.165, 1.54) is 10.8 Å². The van der Waals surface area contributed by atoms with Crippen LogP contribution in [0.1, 0.15) is 6.23 Å². The molecule has 2 rings (SSSR count). The van der Waals surface area contributed by atoms with Gasteiger partial charge in [-0.15, -0.1) is 0 Å². The zero-order valence-corrected chi connectivity index (χ0v) is 8.92. The summed E-state index contributed by atoms with van der Waals surface area (Å²) < 4.78 is 11.5. The van der Waals surface area contributed by atoms with Crippen LogP contribution in [0.2, 0.25) is 5.02 Å². The molecule has 8 heteroatoms. The molecule has 3 N–H and O–H groups in total. The number of hydrogen-bond acceptors (Lipinski definition) is 6. The van der Waals surface area contributed by atoms with E-state index in [1.54, 1.807) is 0 Å². The SMILES string of the molecule is Nc1nc(=O)n([C@@H]2CO[C@@H](CO)O2)cc1Cl. The fourth-order valence-corrected chi connectivity index (χ4v) is 1.50. The Kier molecular flexibility index (Phi) is 3.10. The minimum absolute atomic E-state index is 0.0273. The Labute approximate surface area is 95.4 Å². The highest BCUT2D eigenvalue weighted by Gasteiger charge is 2.27. The van der Waals surface area contributed by atoms with Crippen LogP contribution in [0.15, 0.2) is 11.0 Å². The molecule has 0 unspecified atom stereocenters. The normalized spacial score (nSPS) is 24.9. The number of rotatable bonds is 2. The molecule has 16 heavy (non-hydrogen) atoms. The zero-order valence-electron chi connectivity index (χ0n) is 8.17. The molecule has 88 valence electrons. The van der Waals surface area contributed by atoms with Crippen LogP contribution >= 0.6 is 11.6 Å². The third-order valence-corrected chi connectivity index (χ3v) is 2.42. The van der Waals surface area contributed by atoms with Crippen molar-refractivity contribution in [2.24, 2.45) is 0 Å². The highest BCUT2D eigenvalue weighted by Crippen LogP contribution is 2.21. The van der Waals surface area contributed by atoms with Crippen molar-refractivity contribution >= 4 is 17.4 Å². The van der Waals surface area contributed by atoms with Gasteiger partial charge < -0.3 is 20.3 Å². The molecule has 1 aliphatic heterocycles. The minimum atomic E-state index is -0.728. The molecule has 0 aliphatic carbocycles. The summed E-state index contributed by atoms with van der Waals surface area (Å²) in [5.74, 6) is -0.0273. The predicted octanol–water partition coefficient (Wildman–Crippen LogP) is -0.657. The first-order chi connectivity index (χ1) is 7.61. The van der Waals surface area contributed by atoms with Crippen molar-refractivity contribution in [2.45, 2.75) is 12.5 Å². The quantitative estimate of drug-likeness (QED) is 0.720. The van der Waals surface area contributed by atoms with Crippen molar-refractivity contribution < 1.29 is 14.6 Å². The van der Waals surface area contributed by atoms with Gasteiger partial charge in [0.2, 0.25) is 0 Å². The first-order valence-electron chi connectivity index (χ1n) is 4.54. The van der Waals surface area contributed by atoms with E-state index in [4.69, 9.17) is 31.9 Å². The summed E-state index contributed by atoms with van der Waals surface area (Å²) in [5.41, 5.74) is 4.80. The van der Waals surface area contributed by atoms with Crippen molar-refractivity contribution in [1.29, 1.82) is 0 Å². The van der Waals surface area contributed by atoms with Gasteiger partial charge in [-0.25, -0.2) is 4.79 Å². The standard InChI is InChI=1S/C8H10ClN3O4/c9-4-1-12(8(14)11-7(4)10)5-3-15-6(2-13)16-5/h1,5-6,13H,2-3H2,(H2,10,11,14)/t5-,6+/m0/s1. The number of nitrogen functional groups attached to an aromatic ring is 1. The van der Waals surface area contributed by atoms with Crippen molar-refractivity contribution in [3.05, 3.63) is 21.7 Å². The van der Waals surface area contributed by atoms with Crippen LogP contribution in [0.25, 0.3) is 0 Å². The molecule has 1 fully saturated rings. The topological polar surface area (TPSA) is 99.6 Å². The van der Waals surface area contributed by atoms with Crippen molar-refractivity contribution in [3.8, 4) is 0 Å². The molecule has 0 radical (unpaired) electrons. The van der Waals surface area contributed by atoms with Gasteiger partial charge in [0.1, 0.15) is 5.82 Å². The molecule has 1 aromatic rings. The van der Waals surface area contributed by atoms with E-state index >= 15 is 0 Å². The minimum Gasteiger partial charge on any atom is -0.391 e. The smallest absolute Gasteiger partial charge is 0.351 e. The first kappa shape index (κ1) is 11.3. The van der Waals surface area contributed by atoms with E-state index < -0.39 is 18.2 Å². The summed E-state index contributed by atoms with van der Waals surface area (Å²) in [4.78, 5) is 15.0. The van der Waals surface area contributed by atoms with Crippen LogP contribution in [-0.2, 0) is 9.47 Å². The van der Waals surface area contributed by atoms with Crippen LogP contribution in [0.5, 0.6) is 0 Å². The fraction of sp³-hybridized carbons (Fsp3) is 0.500. The van der Waals surface area contributed by atoms with E-state index in [2.05, 4.69) is 4.98 Å². The van der Waals surface area contributed by atoms with Gasteiger partial charge in [0.15, 0.2) is 12.5 Å². The second kappa shape index (κ2) is 4.38. The van der Waals surface area contributed by atoms with E-state index in [0.717, 1.165) is 0 Å². The second-order valence-electron chi connectivity index (χ2n) is 3.20. The molecule has 2 atom stereocenters. The molecule has 0 amide bonds. The largest absolute Gasteiger partial charge is 0.391 e. The zero-order chi connectivity index (χ0) is 11.7. The third kappa shape index (κ3) is 2.03. The van der Waals surface area contributed by atoms with Gasteiger partial charge >= 0.3 is 5.69 Å². The first-order valence-corrected chi connectivity index (χ1v) is 4.91. The molecule has 1 saturated heterocycles. The fourth-order valence-electron chi connectivity index (χ4n) is 1.35. The van der Waals surface area contributed by atoms with Gasteiger partial charge in [0.05, 0.1) is 18.2 Å². The van der Waals surface area contributed by atoms with Crippen LogP contribution in [0.3, 0.4) is 0 Å². The summed E-state index contributed by atoms with van der Waals surface area (Å²) in [6, 6.07) is 0. The van der Waals surface area contributed by atoms with Crippen molar-refractivity contribution in [1.82, 2.24) is 9.55 Å². The maximum absolute atomic E-state index is 11.5. The lowest BCUT2D eigenvalue weighted by Crippen LogP contribution is -2.29.